The van der Waals surface area contributed by atoms with Gasteiger partial charge in [-0.25, -0.2) is 0 Å². The van der Waals surface area contributed by atoms with Gasteiger partial charge in [0.2, 0.25) is 5.91 Å². The van der Waals surface area contributed by atoms with Gasteiger partial charge in [-0.15, -0.1) is 0 Å². The van der Waals surface area contributed by atoms with Crippen LogP contribution in [-0.4, -0.2) is 36.6 Å². The zero-order valence-corrected chi connectivity index (χ0v) is 11.7. The summed E-state index contributed by atoms with van der Waals surface area (Å²) in [5.41, 5.74) is 0.650. The highest BCUT2D eigenvalue weighted by Crippen LogP contribution is 2.20. The van der Waals surface area contributed by atoms with Crippen molar-refractivity contribution in [3.8, 4) is 6.07 Å². The van der Waals surface area contributed by atoms with Crippen molar-refractivity contribution in [2.75, 3.05) is 18.9 Å². The number of nitrogens with one attached hydrogen (secondary N) is 1. The maximum atomic E-state index is 12.2. The lowest BCUT2D eigenvalue weighted by Crippen LogP contribution is -2.41. The minimum Gasteiger partial charge on any atom is -0.324 e. The van der Waals surface area contributed by atoms with E-state index in [4.69, 9.17) is 5.26 Å². The summed E-state index contributed by atoms with van der Waals surface area (Å²) < 4.78 is 36.5. The number of nitriles is 1. The van der Waals surface area contributed by atoms with E-state index in [0.717, 1.165) is 0 Å². The average molecular weight is 299 g/mol. The second kappa shape index (κ2) is 7.09. The van der Waals surface area contributed by atoms with Crippen LogP contribution in [0.1, 0.15) is 18.9 Å². The number of benzene rings is 1. The molecule has 1 aromatic carbocycles. The van der Waals surface area contributed by atoms with Crippen LogP contribution in [0.4, 0.5) is 18.9 Å². The molecule has 0 aliphatic heterocycles. The summed E-state index contributed by atoms with van der Waals surface area (Å²) in [5.74, 6) is -0.456. The fraction of sp³-hybridized carbons (Fsp3) is 0.429. The zero-order chi connectivity index (χ0) is 16.0. The van der Waals surface area contributed by atoms with E-state index in [1.807, 2.05) is 6.07 Å². The van der Waals surface area contributed by atoms with Crippen molar-refractivity contribution in [2.45, 2.75) is 25.6 Å². The number of carbonyl (C=O) groups excluding carboxylic acids is 1. The number of amides is 1. The van der Waals surface area contributed by atoms with E-state index in [0.29, 0.717) is 11.3 Å². The summed E-state index contributed by atoms with van der Waals surface area (Å²) in [6.07, 6.45) is -5.23. The van der Waals surface area contributed by atoms with Crippen molar-refractivity contribution in [2.24, 2.45) is 0 Å². The van der Waals surface area contributed by atoms with Gasteiger partial charge in [0, 0.05) is 6.54 Å². The molecule has 0 spiro atoms. The Hall–Kier alpha value is -2.07. The Labute approximate surface area is 121 Å². The second-order valence-corrected chi connectivity index (χ2v) is 4.67. The zero-order valence-electron chi connectivity index (χ0n) is 11.7. The minimum absolute atomic E-state index is 0.266. The van der Waals surface area contributed by atoms with Crippen LogP contribution in [0.25, 0.3) is 0 Å². The number of para-hydroxylation sites is 1. The topological polar surface area (TPSA) is 56.1 Å². The number of halogens is 3. The van der Waals surface area contributed by atoms with Crippen LogP contribution in [0, 0.1) is 11.3 Å². The Morgan fingerprint density at radius 1 is 1.43 bits per heavy atom. The number of carbonyl (C=O) groups is 1. The number of nitrogens with zero attached hydrogens (tertiary/aromatic N) is 2. The third-order valence-electron chi connectivity index (χ3n) is 3.09. The van der Waals surface area contributed by atoms with Crippen LogP contribution in [0.2, 0.25) is 0 Å². The molecular weight excluding hydrogens is 283 g/mol. The van der Waals surface area contributed by atoms with E-state index >= 15 is 0 Å². The standard InChI is InChI=1S/C14H16F3N3O/c1-10(20(2)8-7-14(15,16)17)13(21)19-12-6-4-3-5-11(12)9-18/h3-6,10H,7-8H2,1-2H3,(H,19,21). The summed E-state index contributed by atoms with van der Waals surface area (Å²) in [7, 11) is 1.45. The molecule has 0 aromatic heterocycles. The van der Waals surface area contributed by atoms with Crippen LogP contribution in [0.3, 0.4) is 0 Å². The molecule has 7 heteroatoms. The van der Waals surface area contributed by atoms with Gasteiger partial charge in [-0.3, -0.25) is 9.69 Å². The maximum Gasteiger partial charge on any atom is 0.390 e. The van der Waals surface area contributed by atoms with Crippen molar-refractivity contribution in [3.05, 3.63) is 29.8 Å². The highest BCUT2D eigenvalue weighted by molar-refractivity contribution is 5.95. The number of anilines is 1. The molecule has 114 valence electrons. The summed E-state index contributed by atoms with van der Waals surface area (Å²) in [6, 6.07) is 7.64. The number of alkyl halides is 3. The molecule has 1 N–H and O–H groups in total. The van der Waals surface area contributed by atoms with E-state index in [2.05, 4.69) is 5.32 Å². The Kier molecular flexibility index (Phi) is 5.73. The third-order valence-corrected chi connectivity index (χ3v) is 3.09. The highest BCUT2D eigenvalue weighted by atomic mass is 19.4. The monoisotopic (exact) mass is 299 g/mol. The first kappa shape index (κ1) is 17.0. The summed E-state index contributed by atoms with van der Waals surface area (Å²) in [6.45, 7) is 1.25. The average Bonchev–Trinajstić information content (AvgIpc) is 2.43. The molecule has 1 atom stereocenters. The first-order chi connectivity index (χ1) is 9.74. The van der Waals surface area contributed by atoms with Crippen molar-refractivity contribution in [1.82, 2.24) is 4.90 Å². The number of likely N-dealkylation sites (N-methyl/N-ethyl adjacent to an activating group) is 1. The molecule has 0 aliphatic carbocycles. The van der Waals surface area contributed by atoms with Gasteiger partial charge in [0.25, 0.3) is 0 Å². The molecule has 0 heterocycles. The van der Waals surface area contributed by atoms with Crippen LogP contribution in [-0.2, 0) is 4.79 Å². The van der Waals surface area contributed by atoms with Crippen molar-refractivity contribution in [1.29, 1.82) is 5.26 Å². The lowest BCUT2D eigenvalue weighted by Gasteiger charge is -2.24. The number of hydrogen-bond acceptors (Lipinski definition) is 3. The summed E-state index contributed by atoms with van der Waals surface area (Å²) in [4.78, 5) is 13.3. The van der Waals surface area contributed by atoms with Gasteiger partial charge in [0.1, 0.15) is 6.07 Å². The lowest BCUT2D eigenvalue weighted by molar-refractivity contribution is -0.140. The first-order valence-corrected chi connectivity index (χ1v) is 6.31. The van der Waals surface area contributed by atoms with Gasteiger partial charge in [0.05, 0.1) is 23.7 Å². The molecule has 1 rings (SSSR count). The maximum absolute atomic E-state index is 12.2. The van der Waals surface area contributed by atoms with Crippen molar-refractivity contribution < 1.29 is 18.0 Å². The molecule has 1 unspecified atom stereocenters. The molecule has 0 aliphatic rings. The van der Waals surface area contributed by atoms with Crippen LogP contribution in [0.15, 0.2) is 24.3 Å². The Morgan fingerprint density at radius 3 is 2.62 bits per heavy atom. The van der Waals surface area contributed by atoms with Gasteiger partial charge in [0.15, 0.2) is 0 Å². The molecule has 4 nitrogen and oxygen atoms in total. The van der Waals surface area contributed by atoms with Gasteiger partial charge in [-0.2, -0.15) is 18.4 Å². The molecule has 0 saturated carbocycles. The fourth-order valence-electron chi connectivity index (χ4n) is 1.62. The fourth-order valence-corrected chi connectivity index (χ4v) is 1.62. The van der Waals surface area contributed by atoms with Crippen molar-refractivity contribution in [3.63, 3.8) is 0 Å². The molecular formula is C14H16F3N3O. The third kappa shape index (κ3) is 5.44. The smallest absolute Gasteiger partial charge is 0.324 e. The van der Waals surface area contributed by atoms with Gasteiger partial charge in [-0.1, -0.05) is 12.1 Å². The highest BCUT2D eigenvalue weighted by Gasteiger charge is 2.29. The van der Waals surface area contributed by atoms with Gasteiger partial charge >= 0.3 is 6.18 Å². The van der Waals surface area contributed by atoms with Crippen LogP contribution < -0.4 is 5.32 Å². The summed E-state index contributed by atoms with van der Waals surface area (Å²) in [5, 5.41) is 11.5. The molecule has 0 saturated heterocycles. The molecule has 21 heavy (non-hydrogen) atoms. The normalized spacial score (nSPS) is 12.8. The van der Waals surface area contributed by atoms with Crippen molar-refractivity contribution >= 4 is 11.6 Å². The Balaban J connectivity index is 2.64. The van der Waals surface area contributed by atoms with E-state index in [1.54, 1.807) is 24.3 Å². The lowest BCUT2D eigenvalue weighted by atomic mass is 10.2. The quantitative estimate of drug-likeness (QED) is 0.909. The SMILES string of the molecule is CC(C(=O)Nc1ccccc1C#N)N(C)CCC(F)(F)F. The molecule has 0 bridgehead atoms. The Bertz CT molecular complexity index is 537. The number of rotatable bonds is 5. The van der Waals surface area contributed by atoms with E-state index in [-0.39, 0.29) is 6.54 Å². The van der Waals surface area contributed by atoms with Crippen LogP contribution in [0.5, 0.6) is 0 Å². The molecule has 1 aromatic rings. The van der Waals surface area contributed by atoms with E-state index in [9.17, 15) is 18.0 Å². The largest absolute Gasteiger partial charge is 0.390 e. The molecule has 0 fully saturated rings. The number of hydrogen-bond donors (Lipinski definition) is 1. The predicted molar refractivity (Wildman–Crippen MR) is 72.6 cm³/mol. The molecule has 0 radical (unpaired) electrons. The van der Waals surface area contributed by atoms with Gasteiger partial charge < -0.3 is 5.32 Å². The first-order valence-electron chi connectivity index (χ1n) is 6.31. The van der Waals surface area contributed by atoms with E-state index in [1.165, 1.54) is 18.9 Å². The molecule has 1 amide bonds. The van der Waals surface area contributed by atoms with Crippen LogP contribution >= 0.6 is 0 Å². The van der Waals surface area contributed by atoms with E-state index < -0.39 is 24.5 Å². The second-order valence-electron chi connectivity index (χ2n) is 4.67. The minimum atomic E-state index is -4.25. The Morgan fingerprint density at radius 2 is 2.05 bits per heavy atom. The summed E-state index contributed by atoms with van der Waals surface area (Å²) >= 11 is 0. The van der Waals surface area contributed by atoms with Gasteiger partial charge in [-0.05, 0) is 26.1 Å². The predicted octanol–water partition coefficient (Wildman–Crippen LogP) is 2.77.